The molecule has 0 spiro atoms. The van der Waals surface area contributed by atoms with Gasteiger partial charge in [0.15, 0.2) is 0 Å². The van der Waals surface area contributed by atoms with Crippen molar-refractivity contribution < 1.29 is 9.13 Å². The molecule has 2 nitrogen and oxygen atoms in total. The van der Waals surface area contributed by atoms with Gasteiger partial charge in [0.25, 0.3) is 0 Å². The molecule has 1 aliphatic heterocycles. The van der Waals surface area contributed by atoms with Gasteiger partial charge in [0.05, 0.1) is 16.6 Å². The maximum absolute atomic E-state index is 13.0. The molecule has 2 N–H and O–H groups in total. The SMILES string of the molecule is NC(c1ccc(F)c(Br)c1)C1CCCO1. The zero-order valence-corrected chi connectivity index (χ0v) is 9.84. The van der Waals surface area contributed by atoms with Crippen LogP contribution in [0.4, 0.5) is 4.39 Å². The first-order chi connectivity index (χ1) is 7.18. The van der Waals surface area contributed by atoms with E-state index in [1.807, 2.05) is 0 Å². The first-order valence-electron chi connectivity index (χ1n) is 5.00. The summed E-state index contributed by atoms with van der Waals surface area (Å²) in [6.45, 7) is 0.779. The molecule has 1 fully saturated rings. The van der Waals surface area contributed by atoms with Crippen molar-refractivity contribution in [3.05, 3.63) is 34.1 Å². The van der Waals surface area contributed by atoms with E-state index in [-0.39, 0.29) is 18.0 Å². The molecule has 0 aliphatic carbocycles. The molecule has 4 heteroatoms. The van der Waals surface area contributed by atoms with E-state index in [1.54, 1.807) is 12.1 Å². The van der Waals surface area contributed by atoms with Gasteiger partial charge < -0.3 is 10.5 Å². The summed E-state index contributed by atoms with van der Waals surface area (Å²) in [5, 5.41) is 0. The summed E-state index contributed by atoms with van der Waals surface area (Å²) in [6.07, 6.45) is 2.11. The van der Waals surface area contributed by atoms with E-state index in [9.17, 15) is 4.39 Å². The minimum Gasteiger partial charge on any atom is -0.376 e. The highest BCUT2D eigenvalue weighted by Crippen LogP contribution is 2.27. The quantitative estimate of drug-likeness (QED) is 0.900. The molecule has 0 bridgehead atoms. The van der Waals surface area contributed by atoms with E-state index in [0.29, 0.717) is 4.47 Å². The first kappa shape index (κ1) is 11.0. The lowest BCUT2D eigenvalue weighted by molar-refractivity contribution is 0.0900. The second kappa shape index (κ2) is 4.60. The Hall–Kier alpha value is -0.450. The Morgan fingerprint density at radius 2 is 2.33 bits per heavy atom. The molecule has 1 heterocycles. The van der Waals surface area contributed by atoms with Gasteiger partial charge in [-0.3, -0.25) is 0 Å². The minimum atomic E-state index is -0.265. The largest absolute Gasteiger partial charge is 0.376 e. The van der Waals surface area contributed by atoms with Crippen LogP contribution in [0.15, 0.2) is 22.7 Å². The number of benzene rings is 1. The van der Waals surface area contributed by atoms with Crippen molar-refractivity contribution in [2.24, 2.45) is 5.73 Å². The Morgan fingerprint density at radius 1 is 1.53 bits per heavy atom. The van der Waals surface area contributed by atoms with Crippen LogP contribution in [0, 0.1) is 5.82 Å². The van der Waals surface area contributed by atoms with E-state index >= 15 is 0 Å². The molecule has 0 amide bonds. The Balaban J connectivity index is 2.17. The van der Waals surface area contributed by atoms with Crippen LogP contribution < -0.4 is 5.73 Å². The van der Waals surface area contributed by atoms with Crippen molar-refractivity contribution in [1.82, 2.24) is 0 Å². The lowest BCUT2D eigenvalue weighted by Crippen LogP contribution is -2.25. The summed E-state index contributed by atoms with van der Waals surface area (Å²) >= 11 is 3.15. The predicted octanol–water partition coefficient (Wildman–Crippen LogP) is 2.77. The monoisotopic (exact) mass is 273 g/mol. The zero-order chi connectivity index (χ0) is 10.8. The van der Waals surface area contributed by atoms with Gasteiger partial charge >= 0.3 is 0 Å². The topological polar surface area (TPSA) is 35.2 Å². The number of rotatable bonds is 2. The van der Waals surface area contributed by atoms with Crippen molar-refractivity contribution in [2.75, 3.05) is 6.61 Å². The Morgan fingerprint density at radius 3 is 2.93 bits per heavy atom. The molecule has 2 atom stereocenters. The Labute approximate surface area is 96.7 Å². The third-order valence-electron chi connectivity index (χ3n) is 2.69. The van der Waals surface area contributed by atoms with Gasteiger partial charge in [-0.1, -0.05) is 6.07 Å². The van der Waals surface area contributed by atoms with Gasteiger partial charge in [0.1, 0.15) is 5.82 Å². The highest BCUT2D eigenvalue weighted by molar-refractivity contribution is 9.10. The fourth-order valence-electron chi connectivity index (χ4n) is 1.82. The second-order valence-electron chi connectivity index (χ2n) is 3.75. The molecule has 1 saturated heterocycles. The fourth-order valence-corrected chi connectivity index (χ4v) is 2.22. The highest BCUT2D eigenvalue weighted by Gasteiger charge is 2.24. The summed E-state index contributed by atoms with van der Waals surface area (Å²) in [4.78, 5) is 0. The number of hydrogen-bond acceptors (Lipinski definition) is 2. The highest BCUT2D eigenvalue weighted by atomic mass is 79.9. The Bertz CT molecular complexity index is 352. The van der Waals surface area contributed by atoms with E-state index < -0.39 is 0 Å². The summed E-state index contributed by atoms with van der Waals surface area (Å²) in [5.41, 5.74) is 6.96. The van der Waals surface area contributed by atoms with Crippen molar-refractivity contribution >= 4 is 15.9 Å². The summed E-state index contributed by atoms with van der Waals surface area (Å²) in [6, 6.07) is 4.70. The first-order valence-corrected chi connectivity index (χ1v) is 5.80. The number of halogens is 2. The lowest BCUT2D eigenvalue weighted by Gasteiger charge is -2.19. The van der Waals surface area contributed by atoms with Gasteiger partial charge in [-0.2, -0.15) is 0 Å². The molecule has 2 unspecified atom stereocenters. The maximum Gasteiger partial charge on any atom is 0.137 e. The number of nitrogens with two attached hydrogens (primary N) is 1. The van der Waals surface area contributed by atoms with Crippen LogP contribution in [0.1, 0.15) is 24.4 Å². The van der Waals surface area contributed by atoms with Crippen LogP contribution >= 0.6 is 15.9 Å². The van der Waals surface area contributed by atoms with E-state index in [0.717, 1.165) is 25.0 Å². The van der Waals surface area contributed by atoms with Gasteiger partial charge in [0.2, 0.25) is 0 Å². The van der Waals surface area contributed by atoms with Crippen LogP contribution in [0.5, 0.6) is 0 Å². The van der Waals surface area contributed by atoms with E-state index in [2.05, 4.69) is 15.9 Å². The summed E-state index contributed by atoms with van der Waals surface area (Å²) in [5.74, 6) is -0.265. The van der Waals surface area contributed by atoms with Crippen molar-refractivity contribution in [1.29, 1.82) is 0 Å². The van der Waals surface area contributed by atoms with E-state index in [1.165, 1.54) is 6.07 Å². The molecule has 1 aromatic rings. The van der Waals surface area contributed by atoms with Crippen LogP contribution in [-0.2, 0) is 4.74 Å². The fraction of sp³-hybridized carbons (Fsp3) is 0.455. The summed E-state index contributed by atoms with van der Waals surface area (Å²) in [7, 11) is 0. The second-order valence-corrected chi connectivity index (χ2v) is 4.61. The molecule has 0 radical (unpaired) electrons. The minimum absolute atomic E-state index is 0.0716. The summed E-state index contributed by atoms with van der Waals surface area (Å²) < 4.78 is 19.0. The molecule has 15 heavy (non-hydrogen) atoms. The van der Waals surface area contributed by atoms with E-state index in [4.69, 9.17) is 10.5 Å². The predicted molar refractivity (Wildman–Crippen MR) is 60.0 cm³/mol. The third-order valence-corrected chi connectivity index (χ3v) is 3.30. The van der Waals surface area contributed by atoms with Crippen LogP contribution in [0.25, 0.3) is 0 Å². The van der Waals surface area contributed by atoms with Crippen LogP contribution in [0.3, 0.4) is 0 Å². The lowest BCUT2D eigenvalue weighted by atomic mass is 10.0. The third kappa shape index (κ3) is 2.38. The van der Waals surface area contributed by atoms with Crippen LogP contribution in [0.2, 0.25) is 0 Å². The molecule has 0 saturated carbocycles. The standard InChI is InChI=1S/C11H13BrFNO/c12-8-6-7(3-4-9(8)13)11(14)10-2-1-5-15-10/h3-4,6,10-11H,1-2,5,14H2. The van der Waals surface area contributed by atoms with Gasteiger partial charge in [-0.15, -0.1) is 0 Å². The smallest absolute Gasteiger partial charge is 0.137 e. The van der Waals surface area contributed by atoms with Crippen molar-refractivity contribution in [2.45, 2.75) is 25.0 Å². The Kier molecular flexibility index (Phi) is 3.38. The van der Waals surface area contributed by atoms with Gasteiger partial charge in [-0.25, -0.2) is 4.39 Å². The van der Waals surface area contributed by atoms with Crippen LogP contribution in [-0.4, -0.2) is 12.7 Å². The zero-order valence-electron chi connectivity index (χ0n) is 8.25. The molecular formula is C11H13BrFNO. The molecule has 1 aliphatic rings. The average Bonchev–Trinajstić information content (AvgIpc) is 2.74. The van der Waals surface area contributed by atoms with Gasteiger partial charge in [0, 0.05) is 6.61 Å². The number of ether oxygens (including phenoxy) is 1. The van der Waals surface area contributed by atoms with Crippen molar-refractivity contribution in [3.8, 4) is 0 Å². The van der Waals surface area contributed by atoms with Crippen molar-refractivity contribution in [3.63, 3.8) is 0 Å². The van der Waals surface area contributed by atoms with Gasteiger partial charge in [-0.05, 0) is 46.5 Å². The number of hydrogen-bond donors (Lipinski definition) is 1. The maximum atomic E-state index is 13.0. The molecular weight excluding hydrogens is 261 g/mol. The molecule has 82 valence electrons. The molecule has 2 rings (SSSR count). The molecule has 1 aromatic carbocycles. The average molecular weight is 274 g/mol. The molecule has 0 aromatic heterocycles. The normalized spacial score (nSPS) is 23.0.